The molecule has 0 spiro atoms. The van der Waals surface area contributed by atoms with Gasteiger partial charge in [0, 0.05) is 18.3 Å². The summed E-state index contributed by atoms with van der Waals surface area (Å²) < 4.78 is 10.8. The number of rotatable bonds is 4. The van der Waals surface area contributed by atoms with E-state index >= 15 is 0 Å². The molecule has 0 saturated heterocycles. The molecule has 0 amide bonds. The summed E-state index contributed by atoms with van der Waals surface area (Å²) in [5.41, 5.74) is 0.774. The van der Waals surface area contributed by atoms with Crippen molar-refractivity contribution in [3.05, 3.63) is 34.3 Å². The zero-order valence-electron chi connectivity index (χ0n) is 9.60. The van der Waals surface area contributed by atoms with Gasteiger partial charge in [-0.2, -0.15) is 0 Å². The largest absolute Gasteiger partial charge is 0.462 e. The molecule has 0 aliphatic heterocycles. The second-order valence-corrected chi connectivity index (χ2v) is 4.37. The minimum Gasteiger partial charge on any atom is -0.462 e. The summed E-state index contributed by atoms with van der Waals surface area (Å²) in [7, 11) is 0. The fourth-order valence-electron chi connectivity index (χ4n) is 1.30. The van der Waals surface area contributed by atoms with Gasteiger partial charge < -0.3 is 9.47 Å². The zero-order valence-corrected chi connectivity index (χ0v) is 11.2. The average molecular weight is 301 g/mol. The van der Waals surface area contributed by atoms with Crippen molar-refractivity contribution in [3.8, 4) is 0 Å². The molecule has 0 N–H and O–H groups in total. The Balaban J connectivity index is 2.81. The molecule has 0 aliphatic rings. The number of carbonyl (C=O) groups excluding carboxylic acids is 2. The van der Waals surface area contributed by atoms with Gasteiger partial charge in [0.05, 0.1) is 0 Å². The molecule has 0 aliphatic carbocycles. The van der Waals surface area contributed by atoms with Crippen molar-refractivity contribution in [2.24, 2.45) is 0 Å². The van der Waals surface area contributed by atoms with Gasteiger partial charge in [0.1, 0.15) is 6.61 Å². The van der Waals surface area contributed by atoms with Crippen LogP contribution in [0.15, 0.2) is 28.7 Å². The van der Waals surface area contributed by atoms with Crippen molar-refractivity contribution in [2.45, 2.75) is 20.0 Å². The molecule has 92 valence electrons. The van der Waals surface area contributed by atoms with Crippen LogP contribution >= 0.6 is 15.9 Å². The summed E-state index contributed by atoms with van der Waals surface area (Å²) in [4.78, 5) is 21.7. The highest BCUT2D eigenvalue weighted by Gasteiger charge is 2.16. The Labute approximate surface area is 108 Å². The molecule has 1 rings (SSSR count). The Morgan fingerprint density at radius 3 is 2.53 bits per heavy atom. The Hall–Kier alpha value is -1.36. The highest BCUT2D eigenvalue weighted by atomic mass is 79.9. The Morgan fingerprint density at radius 1 is 1.29 bits per heavy atom. The summed E-state index contributed by atoms with van der Waals surface area (Å²) >= 11 is 3.33. The van der Waals surface area contributed by atoms with E-state index < -0.39 is 18.0 Å². The van der Waals surface area contributed by atoms with Crippen LogP contribution in [0.4, 0.5) is 0 Å². The predicted octanol–water partition coefficient (Wildman–Crippen LogP) is 2.62. The molecule has 0 aromatic heterocycles. The minimum atomic E-state index is -0.575. The summed E-state index contributed by atoms with van der Waals surface area (Å²) in [5.74, 6) is -0.820. The molecule has 0 bridgehead atoms. The molecule has 0 saturated carbocycles. The lowest BCUT2D eigenvalue weighted by molar-refractivity contribution is -0.156. The van der Waals surface area contributed by atoms with Gasteiger partial charge in [0.2, 0.25) is 0 Å². The van der Waals surface area contributed by atoms with E-state index in [9.17, 15) is 9.59 Å². The first kappa shape index (κ1) is 13.7. The standard InChI is InChI=1S/C12H13BrO4/c1-8(14)16-7-12(17-9(2)15)10-4-3-5-11(13)6-10/h3-6,12H,7H2,1-2H3. The van der Waals surface area contributed by atoms with E-state index in [1.807, 2.05) is 24.3 Å². The van der Waals surface area contributed by atoms with E-state index in [-0.39, 0.29) is 6.61 Å². The summed E-state index contributed by atoms with van der Waals surface area (Å²) in [6, 6.07) is 7.31. The molecule has 1 aromatic carbocycles. The molecule has 1 aromatic rings. The first-order valence-corrected chi connectivity index (χ1v) is 5.84. The van der Waals surface area contributed by atoms with E-state index in [1.54, 1.807) is 0 Å². The summed E-state index contributed by atoms with van der Waals surface area (Å²) in [6.45, 7) is 2.65. The summed E-state index contributed by atoms with van der Waals surface area (Å²) in [6.07, 6.45) is -0.575. The highest BCUT2D eigenvalue weighted by Crippen LogP contribution is 2.21. The first-order chi connectivity index (χ1) is 7.99. The maximum absolute atomic E-state index is 11.0. The zero-order chi connectivity index (χ0) is 12.8. The van der Waals surface area contributed by atoms with Crippen LogP contribution in [-0.4, -0.2) is 18.5 Å². The van der Waals surface area contributed by atoms with Gasteiger partial charge in [-0.05, 0) is 17.7 Å². The second-order valence-electron chi connectivity index (χ2n) is 3.46. The molecule has 5 heteroatoms. The van der Waals surface area contributed by atoms with Crippen molar-refractivity contribution in [1.82, 2.24) is 0 Å². The fourth-order valence-corrected chi connectivity index (χ4v) is 1.72. The van der Waals surface area contributed by atoms with Gasteiger partial charge in [-0.3, -0.25) is 9.59 Å². The van der Waals surface area contributed by atoms with Crippen LogP contribution in [0.25, 0.3) is 0 Å². The Morgan fingerprint density at radius 2 is 2.00 bits per heavy atom. The number of hydrogen-bond acceptors (Lipinski definition) is 4. The molecular weight excluding hydrogens is 288 g/mol. The quantitative estimate of drug-likeness (QED) is 0.802. The number of halogens is 1. The molecule has 1 unspecified atom stereocenters. The minimum absolute atomic E-state index is 0.0192. The lowest BCUT2D eigenvalue weighted by atomic mass is 10.1. The third kappa shape index (κ3) is 4.99. The van der Waals surface area contributed by atoms with Crippen molar-refractivity contribution in [1.29, 1.82) is 0 Å². The smallest absolute Gasteiger partial charge is 0.303 e. The monoisotopic (exact) mass is 300 g/mol. The molecule has 1 atom stereocenters. The molecule has 4 nitrogen and oxygen atoms in total. The molecular formula is C12H13BrO4. The van der Waals surface area contributed by atoms with E-state index in [0.717, 1.165) is 10.0 Å². The SMILES string of the molecule is CC(=O)OCC(OC(C)=O)c1cccc(Br)c1. The molecule has 0 radical (unpaired) electrons. The maximum atomic E-state index is 11.0. The Bertz CT molecular complexity index is 417. The van der Waals surface area contributed by atoms with Crippen LogP contribution in [0.2, 0.25) is 0 Å². The normalized spacial score (nSPS) is 11.7. The van der Waals surface area contributed by atoms with E-state index in [2.05, 4.69) is 15.9 Å². The lowest BCUT2D eigenvalue weighted by Crippen LogP contribution is -2.16. The van der Waals surface area contributed by atoms with Gasteiger partial charge in [-0.15, -0.1) is 0 Å². The van der Waals surface area contributed by atoms with Gasteiger partial charge in [-0.1, -0.05) is 28.1 Å². The van der Waals surface area contributed by atoms with Crippen molar-refractivity contribution in [3.63, 3.8) is 0 Å². The van der Waals surface area contributed by atoms with E-state index in [1.165, 1.54) is 13.8 Å². The van der Waals surface area contributed by atoms with E-state index in [4.69, 9.17) is 9.47 Å². The lowest BCUT2D eigenvalue weighted by Gasteiger charge is -2.17. The van der Waals surface area contributed by atoms with Crippen LogP contribution in [0, 0.1) is 0 Å². The third-order valence-corrected chi connectivity index (χ3v) is 2.46. The maximum Gasteiger partial charge on any atom is 0.303 e. The van der Waals surface area contributed by atoms with Crippen molar-refractivity contribution >= 4 is 27.9 Å². The molecule has 17 heavy (non-hydrogen) atoms. The van der Waals surface area contributed by atoms with Gasteiger partial charge in [-0.25, -0.2) is 0 Å². The van der Waals surface area contributed by atoms with Crippen LogP contribution in [0.5, 0.6) is 0 Å². The average Bonchev–Trinajstić information content (AvgIpc) is 2.23. The molecule has 0 fully saturated rings. The van der Waals surface area contributed by atoms with Gasteiger partial charge >= 0.3 is 11.9 Å². The first-order valence-electron chi connectivity index (χ1n) is 5.05. The van der Waals surface area contributed by atoms with Crippen molar-refractivity contribution < 1.29 is 19.1 Å². The summed E-state index contributed by atoms with van der Waals surface area (Å²) in [5, 5.41) is 0. The van der Waals surface area contributed by atoms with Crippen LogP contribution in [0.3, 0.4) is 0 Å². The second kappa shape index (κ2) is 6.39. The number of ether oxygens (including phenoxy) is 2. The predicted molar refractivity (Wildman–Crippen MR) is 65.3 cm³/mol. The Kier molecular flexibility index (Phi) is 5.15. The topological polar surface area (TPSA) is 52.6 Å². The third-order valence-electron chi connectivity index (χ3n) is 1.97. The van der Waals surface area contributed by atoms with Crippen molar-refractivity contribution in [2.75, 3.05) is 6.61 Å². The fraction of sp³-hybridized carbons (Fsp3) is 0.333. The van der Waals surface area contributed by atoms with Crippen LogP contribution in [-0.2, 0) is 19.1 Å². The van der Waals surface area contributed by atoms with Gasteiger partial charge in [0.25, 0.3) is 0 Å². The van der Waals surface area contributed by atoms with Crippen LogP contribution in [0.1, 0.15) is 25.5 Å². The number of hydrogen-bond donors (Lipinski definition) is 0. The molecule has 0 heterocycles. The van der Waals surface area contributed by atoms with E-state index in [0.29, 0.717) is 0 Å². The van der Waals surface area contributed by atoms with Gasteiger partial charge in [0.15, 0.2) is 6.10 Å². The number of esters is 2. The number of benzene rings is 1. The van der Waals surface area contributed by atoms with Crippen LogP contribution < -0.4 is 0 Å². The number of carbonyl (C=O) groups is 2. The highest BCUT2D eigenvalue weighted by molar-refractivity contribution is 9.10.